The van der Waals surface area contributed by atoms with Gasteiger partial charge in [-0.25, -0.2) is 4.79 Å². The topological polar surface area (TPSA) is 69.6 Å². The van der Waals surface area contributed by atoms with E-state index in [1.54, 1.807) is 17.0 Å². The van der Waals surface area contributed by atoms with Crippen LogP contribution in [0.2, 0.25) is 0 Å². The lowest BCUT2D eigenvalue weighted by molar-refractivity contribution is 0.0939. The predicted molar refractivity (Wildman–Crippen MR) is 102 cm³/mol. The van der Waals surface area contributed by atoms with Gasteiger partial charge in [0.15, 0.2) is 0 Å². The van der Waals surface area contributed by atoms with Gasteiger partial charge in [0.1, 0.15) is 0 Å². The van der Waals surface area contributed by atoms with Crippen LogP contribution in [0.4, 0.5) is 10.5 Å². The number of hydrogen-bond acceptors (Lipinski definition) is 2. The molecule has 1 aliphatic carbocycles. The standard InChI is InChI=1S/C21H24N2O3/c1-21(2,3)23(20(25)26)18-13-17(18)14-9-11-16(12-10-14)22-19(24)15-7-5-4-6-8-15/h4-12,17-18H,13H2,1-3H3,(H,22,24)(H,25,26)/t17-,18+/m0/s1. The Morgan fingerprint density at radius 2 is 1.65 bits per heavy atom. The molecule has 0 heterocycles. The second-order valence-electron chi connectivity index (χ2n) is 7.68. The Kier molecular flexibility index (Phi) is 4.72. The van der Waals surface area contributed by atoms with E-state index in [-0.39, 0.29) is 17.9 Å². The van der Waals surface area contributed by atoms with Gasteiger partial charge in [0.2, 0.25) is 0 Å². The van der Waals surface area contributed by atoms with E-state index in [2.05, 4.69) is 5.32 Å². The van der Waals surface area contributed by atoms with Crippen molar-refractivity contribution < 1.29 is 14.7 Å². The molecule has 2 aromatic rings. The summed E-state index contributed by atoms with van der Waals surface area (Å²) in [6, 6.07) is 16.7. The van der Waals surface area contributed by atoms with Gasteiger partial charge in [-0.15, -0.1) is 0 Å². The summed E-state index contributed by atoms with van der Waals surface area (Å²) in [4.78, 5) is 25.3. The monoisotopic (exact) mass is 352 g/mol. The zero-order chi connectivity index (χ0) is 18.9. The van der Waals surface area contributed by atoms with Crippen molar-refractivity contribution in [3.63, 3.8) is 0 Å². The first-order valence-corrected chi connectivity index (χ1v) is 8.76. The van der Waals surface area contributed by atoms with Gasteiger partial charge in [-0.05, 0) is 57.0 Å². The fourth-order valence-electron chi connectivity index (χ4n) is 3.36. The van der Waals surface area contributed by atoms with Crippen LogP contribution in [0, 0.1) is 0 Å². The van der Waals surface area contributed by atoms with Crippen molar-refractivity contribution in [2.24, 2.45) is 0 Å². The van der Waals surface area contributed by atoms with E-state index >= 15 is 0 Å². The van der Waals surface area contributed by atoms with Crippen LogP contribution in [0.5, 0.6) is 0 Å². The minimum Gasteiger partial charge on any atom is -0.465 e. The number of hydrogen-bond donors (Lipinski definition) is 2. The Hall–Kier alpha value is -2.82. The molecule has 0 unspecified atom stereocenters. The number of carbonyl (C=O) groups is 2. The third kappa shape index (κ3) is 3.87. The molecule has 5 heteroatoms. The summed E-state index contributed by atoms with van der Waals surface area (Å²) in [6.07, 6.45) is -0.0454. The molecule has 26 heavy (non-hydrogen) atoms. The van der Waals surface area contributed by atoms with Crippen LogP contribution in [0.25, 0.3) is 0 Å². The van der Waals surface area contributed by atoms with E-state index in [1.165, 1.54) is 0 Å². The van der Waals surface area contributed by atoms with Gasteiger partial charge in [-0.3, -0.25) is 9.69 Å². The minimum atomic E-state index is -0.878. The van der Waals surface area contributed by atoms with E-state index < -0.39 is 11.6 Å². The fraction of sp³-hybridized carbons (Fsp3) is 0.333. The number of amides is 2. The fourth-order valence-corrected chi connectivity index (χ4v) is 3.36. The van der Waals surface area contributed by atoms with Crippen molar-refractivity contribution >= 4 is 17.7 Å². The normalized spacial score (nSPS) is 18.9. The molecule has 2 aromatic carbocycles. The van der Waals surface area contributed by atoms with Crippen LogP contribution in [-0.4, -0.2) is 33.6 Å². The Morgan fingerprint density at radius 1 is 1.04 bits per heavy atom. The van der Waals surface area contributed by atoms with Crippen molar-refractivity contribution in [1.82, 2.24) is 4.90 Å². The molecule has 1 saturated carbocycles. The SMILES string of the molecule is CC(C)(C)N(C(=O)O)[C@@H]1C[C@H]1c1ccc(NC(=O)c2ccccc2)cc1. The molecule has 5 nitrogen and oxygen atoms in total. The summed E-state index contributed by atoms with van der Waals surface area (Å²) in [5, 5.41) is 12.4. The summed E-state index contributed by atoms with van der Waals surface area (Å²) in [6.45, 7) is 5.75. The van der Waals surface area contributed by atoms with Crippen LogP contribution >= 0.6 is 0 Å². The minimum absolute atomic E-state index is 0.0114. The lowest BCUT2D eigenvalue weighted by atomic mass is 10.0. The third-order valence-electron chi connectivity index (χ3n) is 4.65. The van der Waals surface area contributed by atoms with Crippen molar-refractivity contribution in [3.05, 3.63) is 65.7 Å². The molecule has 0 bridgehead atoms. The summed E-state index contributed by atoms with van der Waals surface area (Å²) in [7, 11) is 0. The van der Waals surface area contributed by atoms with E-state index in [9.17, 15) is 14.7 Å². The van der Waals surface area contributed by atoms with Crippen molar-refractivity contribution in [2.75, 3.05) is 5.32 Å². The van der Waals surface area contributed by atoms with Crippen LogP contribution in [0.3, 0.4) is 0 Å². The number of carbonyl (C=O) groups excluding carboxylic acids is 1. The maximum atomic E-state index is 12.2. The highest BCUT2D eigenvalue weighted by atomic mass is 16.4. The smallest absolute Gasteiger partial charge is 0.408 e. The van der Waals surface area contributed by atoms with Crippen molar-refractivity contribution in [1.29, 1.82) is 0 Å². The van der Waals surface area contributed by atoms with Gasteiger partial charge in [-0.1, -0.05) is 30.3 Å². The Bertz CT molecular complexity index is 794. The number of rotatable bonds is 4. The zero-order valence-corrected chi connectivity index (χ0v) is 15.3. The molecule has 2 atom stereocenters. The molecular weight excluding hydrogens is 328 g/mol. The molecule has 136 valence electrons. The van der Waals surface area contributed by atoms with Crippen LogP contribution < -0.4 is 5.32 Å². The van der Waals surface area contributed by atoms with E-state index in [0.717, 1.165) is 17.7 Å². The highest BCUT2D eigenvalue weighted by Crippen LogP contribution is 2.47. The van der Waals surface area contributed by atoms with Crippen LogP contribution in [0.1, 0.15) is 49.0 Å². The van der Waals surface area contributed by atoms with Gasteiger partial charge >= 0.3 is 6.09 Å². The summed E-state index contributed by atoms with van der Waals surface area (Å²) in [5.41, 5.74) is 2.02. The largest absolute Gasteiger partial charge is 0.465 e. The Balaban J connectivity index is 1.66. The molecule has 0 spiro atoms. The first-order chi connectivity index (χ1) is 12.3. The lowest BCUT2D eigenvalue weighted by Crippen LogP contribution is -2.46. The zero-order valence-electron chi connectivity index (χ0n) is 15.3. The van der Waals surface area contributed by atoms with Crippen molar-refractivity contribution in [3.8, 4) is 0 Å². The molecule has 0 aliphatic heterocycles. The maximum Gasteiger partial charge on any atom is 0.408 e. The van der Waals surface area contributed by atoms with Gasteiger partial charge in [-0.2, -0.15) is 0 Å². The van der Waals surface area contributed by atoms with Crippen molar-refractivity contribution in [2.45, 2.75) is 44.7 Å². The molecule has 2 amide bonds. The Labute approximate surface area is 153 Å². The molecule has 1 aliphatic rings. The first kappa shape index (κ1) is 18.0. The lowest BCUT2D eigenvalue weighted by Gasteiger charge is -2.33. The molecule has 0 radical (unpaired) electrons. The molecule has 0 saturated heterocycles. The molecule has 2 N–H and O–H groups in total. The summed E-state index contributed by atoms with van der Waals surface area (Å²) in [5.74, 6) is 0.0663. The van der Waals surface area contributed by atoms with Crippen LogP contribution in [0.15, 0.2) is 54.6 Å². The summed E-state index contributed by atoms with van der Waals surface area (Å²) >= 11 is 0. The van der Waals surface area contributed by atoms with Gasteiger partial charge in [0, 0.05) is 28.7 Å². The Morgan fingerprint density at radius 3 is 2.19 bits per heavy atom. The quantitative estimate of drug-likeness (QED) is 0.846. The number of carboxylic acid groups (broad SMARTS) is 1. The van der Waals surface area contributed by atoms with E-state index in [1.807, 2.05) is 63.2 Å². The molecular formula is C21H24N2O3. The number of anilines is 1. The highest BCUT2D eigenvalue weighted by Gasteiger charge is 2.48. The van der Waals surface area contributed by atoms with E-state index in [0.29, 0.717) is 5.56 Å². The molecule has 3 rings (SSSR count). The highest BCUT2D eigenvalue weighted by molar-refractivity contribution is 6.04. The third-order valence-corrected chi connectivity index (χ3v) is 4.65. The molecule has 0 aromatic heterocycles. The average molecular weight is 352 g/mol. The summed E-state index contributed by atoms with van der Waals surface area (Å²) < 4.78 is 0. The van der Waals surface area contributed by atoms with Gasteiger partial charge < -0.3 is 10.4 Å². The first-order valence-electron chi connectivity index (χ1n) is 8.76. The van der Waals surface area contributed by atoms with Gasteiger partial charge in [0.25, 0.3) is 5.91 Å². The van der Waals surface area contributed by atoms with Crippen LogP contribution in [-0.2, 0) is 0 Å². The average Bonchev–Trinajstić information content (AvgIpc) is 3.34. The number of nitrogens with one attached hydrogen (secondary N) is 1. The second-order valence-corrected chi connectivity index (χ2v) is 7.68. The number of nitrogens with zero attached hydrogens (tertiary/aromatic N) is 1. The van der Waals surface area contributed by atoms with E-state index in [4.69, 9.17) is 0 Å². The second kappa shape index (κ2) is 6.83. The predicted octanol–water partition coefficient (Wildman–Crippen LogP) is 4.57. The molecule has 1 fully saturated rings. The maximum absolute atomic E-state index is 12.2. The van der Waals surface area contributed by atoms with Gasteiger partial charge in [0.05, 0.1) is 0 Å². The number of benzene rings is 2.